The molecule has 0 aliphatic carbocycles. The van der Waals surface area contributed by atoms with Crippen LogP contribution >= 0.6 is 0 Å². The van der Waals surface area contributed by atoms with Crippen LogP contribution in [0.15, 0.2) is 41.4 Å². The van der Waals surface area contributed by atoms with E-state index in [-0.39, 0.29) is 16.9 Å². The molecule has 0 bridgehead atoms. The first-order valence-corrected chi connectivity index (χ1v) is 7.36. The molecule has 1 heterocycles. The lowest BCUT2D eigenvalue weighted by atomic mass is 10.2. The molecule has 0 fully saturated rings. The van der Waals surface area contributed by atoms with Crippen LogP contribution in [-0.4, -0.2) is 24.5 Å². The number of rotatable bonds is 4. The van der Waals surface area contributed by atoms with Crippen LogP contribution in [0.5, 0.6) is 0 Å². The number of anilines is 2. The first-order chi connectivity index (χ1) is 9.79. The van der Waals surface area contributed by atoms with Crippen molar-refractivity contribution in [2.45, 2.75) is 11.8 Å². The number of hydrogen-bond acceptors (Lipinski definition) is 5. The Morgan fingerprint density at radius 2 is 2.00 bits per heavy atom. The number of benzene rings is 1. The van der Waals surface area contributed by atoms with E-state index in [4.69, 9.17) is 10.8 Å². The van der Waals surface area contributed by atoms with E-state index in [1.807, 2.05) is 0 Å². The average molecular weight is 307 g/mol. The molecule has 2 aromatic rings. The highest BCUT2D eigenvalue weighted by molar-refractivity contribution is 7.92. The summed E-state index contributed by atoms with van der Waals surface area (Å²) in [5.41, 5.74) is 6.31. The van der Waals surface area contributed by atoms with E-state index < -0.39 is 20.9 Å². The number of nitrogens with zero attached hydrogens (tertiary/aromatic N) is 1. The van der Waals surface area contributed by atoms with Crippen molar-refractivity contribution in [3.8, 4) is 0 Å². The number of aromatic carboxylic acids is 1. The quantitative estimate of drug-likeness (QED) is 0.735. The number of sulfonamides is 1. The molecule has 8 heteroatoms. The summed E-state index contributed by atoms with van der Waals surface area (Å²) in [5, 5.41) is 9.08. The van der Waals surface area contributed by atoms with Crippen molar-refractivity contribution in [3.05, 3.63) is 47.8 Å². The van der Waals surface area contributed by atoms with Gasteiger partial charge in [0.1, 0.15) is 4.90 Å². The van der Waals surface area contributed by atoms with Gasteiger partial charge in [-0.2, -0.15) is 0 Å². The van der Waals surface area contributed by atoms with Crippen molar-refractivity contribution < 1.29 is 18.3 Å². The lowest BCUT2D eigenvalue weighted by Crippen LogP contribution is -2.17. The molecule has 0 aliphatic heterocycles. The smallest absolute Gasteiger partial charge is 0.337 e. The molecule has 2 rings (SSSR count). The van der Waals surface area contributed by atoms with Crippen LogP contribution in [-0.2, 0) is 10.0 Å². The van der Waals surface area contributed by atoms with Crippen LogP contribution in [0.1, 0.15) is 16.1 Å². The topological polar surface area (TPSA) is 122 Å². The molecule has 110 valence electrons. The normalized spacial score (nSPS) is 11.1. The van der Waals surface area contributed by atoms with Crippen molar-refractivity contribution in [2.75, 3.05) is 10.5 Å². The summed E-state index contributed by atoms with van der Waals surface area (Å²) in [7, 11) is -4.08. The number of carbonyl (C=O) groups is 1. The van der Waals surface area contributed by atoms with Gasteiger partial charge in [-0.15, -0.1) is 0 Å². The average Bonchev–Trinajstić information content (AvgIpc) is 2.41. The molecular formula is C13H13N3O4S. The third-order valence-electron chi connectivity index (χ3n) is 2.69. The summed E-state index contributed by atoms with van der Waals surface area (Å²) in [6.07, 6.45) is 1.35. The van der Waals surface area contributed by atoms with Crippen molar-refractivity contribution in [2.24, 2.45) is 0 Å². The van der Waals surface area contributed by atoms with Gasteiger partial charge in [-0.3, -0.25) is 9.71 Å². The second kappa shape index (κ2) is 5.41. The maximum absolute atomic E-state index is 12.3. The number of carboxylic acids is 1. The fraction of sp³-hybridized carbons (Fsp3) is 0.0769. The van der Waals surface area contributed by atoms with Crippen molar-refractivity contribution in [1.29, 1.82) is 0 Å². The molecule has 0 amide bonds. The van der Waals surface area contributed by atoms with Crippen LogP contribution in [0, 0.1) is 6.92 Å². The molecule has 4 N–H and O–H groups in total. The predicted octanol–water partition coefficient (Wildman–Crippen LogP) is 1.47. The lowest BCUT2D eigenvalue weighted by Gasteiger charge is -2.11. The zero-order valence-corrected chi connectivity index (χ0v) is 11.9. The van der Waals surface area contributed by atoms with E-state index in [0.717, 1.165) is 17.8 Å². The third kappa shape index (κ3) is 3.29. The van der Waals surface area contributed by atoms with E-state index >= 15 is 0 Å². The molecule has 1 aromatic carbocycles. The molecule has 0 saturated carbocycles. The summed E-state index contributed by atoms with van der Waals surface area (Å²) in [6, 6.07) is 6.75. The van der Waals surface area contributed by atoms with Crippen molar-refractivity contribution in [1.82, 2.24) is 4.98 Å². The SMILES string of the molecule is Cc1ccc(NS(=O)(=O)c2cc(N)ccc2C(=O)O)cn1. The van der Waals surface area contributed by atoms with Gasteiger partial charge < -0.3 is 10.8 Å². The minimum atomic E-state index is -4.08. The minimum absolute atomic E-state index is 0.155. The second-order valence-corrected chi connectivity index (χ2v) is 6.01. The highest BCUT2D eigenvalue weighted by atomic mass is 32.2. The summed E-state index contributed by atoms with van der Waals surface area (Å²) in [6.45, 7) is 1.76. The Labute approximate surface area is 121 Å². The van der Waals surface area contributed by atoms with E-state index in [0.29, 0.717) is 0 Å². The monoisotopic (exact) mass is 307 g/mol. The Morgan fingerprint density at radius 1 is 1.29 bits per heavy atom. The first-order valence-electron chi connectivity index (χ1n) is 5.88. The third-order valence-corrected chi connectivity index (χ3v) is 4.11. The summed E-state index contributed by atoms with van der Waals surface area (Å²) in [5.74, 6) is -1.35. The Hall–Kier alpha value is -2.61. The van der Waals surface area contributed by atoms with E-state index in [9.17, 15) is 13.2 Å². The number of pyridine rings is 1. The van der Waals surface area contributed by atoms with E-state index in [1.54, 1.807) is 13.0 Å². The van der Waals surface area contributed by atoms with Gasteiger partial charge in [0.05, 0.1) is 17.4 Å². The van der Waals surface area contributed by atoms with Gasteiger partial charge in [-0.1, -0.05) is 0 Å². The van der Waals surface area contributed by atoms with Gasteiger partial charge in [0.25, 0.3) is 10.0 Å². The van der Waals surface area contributed by atoms with Crippen LogP contribution in [0.4, 0.5) is 11.4 Å². The highest BCUT2D eigenvalue weighted by Crippen LogP contribution is 2.22. The van der Waals surface area contributed by atoms with Crippen LogP contribution in [0.3, 0.4) is 0 Å². The van der Waals surface area contributed by atoms with Gasteiger partial charge in [0, 0.05) is 11.4 Å². The fourth-order valence-corrected chi connectivity index (χ4v) is 2.95. The number of nitrogen functional groups attached to an aromatic ring is 1. The van der Waals surface area contributed by atoms with E-state index in [2.05, 4.69) is 9.71 Å². The molecule has 0 aliphatic rings. The largest absolute Gasteiger partial charge is 0.478 e. The Morgan fingerprint density at radius 3 is 2.57 bits per heavy atom. The van der Waals surface area contributed by atoms with E-state index in [1.165, 1.54) is 18.3 Å². The highest BCUT2D eigenvalue weighted by Gasteiger charge is 2.22. The van der Waals surface area contributed by atoms with Crippen molar-refractivity contribution >= 4 is 27.4 Å². The number of aryl methyl sites for hydroxylation is 1. The molecular weight excluding hydrogens is 294 g/mol. The van der Waals surface area contributed by atoms with Crippen LogP contribution in [0.2, 0.25) is 0 Å². The maximum atomic E-state index is 12.3. The fourth-order valence-electron chi connectivity index (χ4n) is 1.68. The molecule has 0 unspecified atom stereocenters. The molecule has 21 heavy (non-hydrogen) atoms. The number of nitrogens with two attached hydrogens (primary N) is 1. The predicted molar refractivity (Wildman–Crippen MR) is 77.6 cm³/mol. The number of nitrogens with one attached hydrogen (secondary N) is 1. The number of aromatic nitrogens is 1. The summed E-state index contributed by atoms with van der Waals surface area (Å²) >= 11 is 0. The molecule has 7 nitrogen and oxygen atoms in total. The summed E-state index contributed by atoms with van der Waals surface area (Å²) in [4.78, 5) is 14.7. The van der Waals surface area contributed by atoms with Gasteiger partial charge in [0.15, 0.2) is 0 Å². The molecule has 1 aromatic heterocycles. The van der Waals surface area contributed by atoms with Gasteiger partial charge in [-0.25, -0.2) is 13.2 Å². The maximum Gasteiger partial charge on any atom is 0.337 e. The molecule has 0 saturated heterocycles. The zero-order valence-electron chi connectivity index (χ0n) is 11.1. The van der Waals surface area contributed by atoms with Gasteiger partial charge in [0.2, 0.25) is 0 Å². The number of hydrogen-bond donors (Lipinski definition) is 3. The molecule has 0 spiro atoms. The van der Waals surface area contributed by atoms with Crippen LogP contribution in [0.25, 0.3) is 0 Å². The second-order valence-electron chi connectivity index (χ2n) is 4.35. The lowest BCUT2D eigenvalue weighted by molar-refractivity contribution is 0.0692. The Kier molecular flexibility index (Phi) is 3.81. The Balaban J connectivity index is 2.46. The van der Waals surface area contributed by atoms with Gasteiger partial charge >= 0.3 is 5.97 Å². The van der Waals surface area contributed by atoms with Gasteiger partial charge in [-0.05, 0) is 37.3 Å². The zero-order chi connectivity index (χ0) is 15.6. The molecule has 0 atom stereocenters. The molecule has 0 radical (unpaired) electrons. The minimum Gasteiger partial charge on any atom is -0.478 e. The van der Waals surface area contributed by atoms with Crippen LogP contribution < -0.4 is 10.5 Å². The standard InChI is InChI=1S/C13H13N3O4S/c1-8-2-4-10(7-15-8)16-21(19,20)12-6-9(14)3-5-11(12)13(17)18/h2-7,16H,14H2,1H3,(H,17,18). The van der Waals surface area contributed by atoms with Crippen molar-refractivity contribution in [3.63, 3.8) is 0 Å². The summed E-state index contributed by atoms with van der Waals surface area (Å²) < 4.78 is 26.9. The first kappa shape index (κ1) is 14.8. The number of carboxylic acid groups (broad SMARTS) is 1. The Bertz CT molecular complexity index is 786.